The third-order valence-electron chi connectivity index (χ3n) is 3.24. The van der Waals surface area contributed by atoms with Crippen molar-refractivity contribution in [2.24, 2.45) is 23.5 Å². The van der Waals surface area contributed by atoms with Gasteiger partial charge in [0, 0.05) is 13.0 Å². The SMILES string of the molecule is CCCC1C(CCCN)C1C(=O)NC. The van der Waals surface area contributed by atoms with Gasteiger partial charge in [0.2, 0.25) is 5.91 Å². The minimum Gasteiger partial charge on any atom is -0.359 e. The second-order valence-corrected chi connectivity index (χ2v) is 4.19. The molecule has 0 saturated heterocycles. The predicted molar refractivity (Wildman–Crippen MR) is 57.7 cm³/mol. The van der Waals surface area contributed by atoms with Crippen LogP contribution >= 0.6 is 0 Å². The molecule has 3 N–H and O–H groups in total. The normalized spacial score (nSPS) is 30.1. The van der Waals surface area contributed by atoms with Gasteiger partial charge in [0.15, 0.2) is 0 Å². The standard InChI is InChI=1S/C11H22N2O/c1-3-5-8-9(6-4-7-12)10(8)11(14)13-2/h8-10H,3-7,12H2,1-2H3,(H,13,14). The quantitative estimate of drug-likeness (QED) is 0.672. The molecule has 3 atom stereocenters. The highest BCUT2D eigenvalue weighted by Crippen LogP contribution is 2.51. The van der Waals surface area contributed by atoms with Gasteiger partial charge in [0.1, 0.15) is 0 Å². The molecule has 0 aliphatic heterocycles. The molecule has 82 valence electrons. The van der Waals surface area contributed by atoms with Gasteiger partial charge in [-0.25, -0.2) is 0 Å². The van der Waals surface area contributed by atoms with Crippen LogP contribution in [0.5, 0.6) is 0 Å². The molecule has 3 heteroatoms. The van der Waals surface area contributed by atoms with Crippen LogP contribution in [0.3, 0.4) is 0 Å². The van der Waals surface area contributed by atoms with Crippen LogP contribution in [0.25, 0.3) is 0 Å². The van der Waals surface area contributed by atoms with E-state index in [0.717, 1.165) is 19.4 Å². The molecule has 0 aromatic rings. The van der Waals surface area contributed by atoms with Gasteiger partial charge in [-0.3, -0.25) is 4.79 Å². The maximum atomic E-state index is 11.5. The average Bonchev–Trinajstić information content (AvgIpc) is 2.88. The highest BCUT2D eigenvalue weighted by molar-refractivity contribution is 5.81. The first-order valence-corrected chi connectivity index (χ1v) is 5.67. The highest BCUT2D eigenvalue weighted by Gasteiger charge is 2.52. The van der Waals surface area contributed by atoms with E-state index in [0.29, 0.717) is 11.8 Å². The van der Waals surface area contributed by atoms with Crippen LogP contribution in [0.15, 0.2) is 0 Å². The zero-order valence-corrected chi connectivity index (χ0v) is 9.25. The zero-order valence-electron chi connectivity index (χ0n) is 9.25. The molecular weight excluding hydrogens is 176 g/mol. The van der Waals surface area contributed by atoms with Crippen molar-refractivity contribution in [1.82, 2.24) is 5.32 Å². The van der Waals surface area contributed by atoms with Gasteiger partial charge in [-0.15, -0.1) is 0 Å². The third-order valence-corrected chi connectivity index (χ3v) is 3.24. The van der Waals surface area contributed by atoms with Gasteiger partial charge in [-0.1, -0.05) is 13.3 Å². The molecule has 0 aromatic carbocycles. The highest BCUT2D eigenvalue weighted by atomic mass is 16.2. The zero-order chi connectivity index (χ0) is 10.6. The fourth-order valence-corrected chi connectivity index (χ4v) is 2.47. The summed E-state index contributed by atoms with van der Waals surface area (Å²) >= 11 is 0. The summed E-state index contributed by atoms with van der Waals surface area (Å²) in [6.07, 6.45) is 4.54. The van der Waals surface area contributed by atoms with Crippen molar-refractivity contribution < 1.29 is 4.79 Å². The fourth-order valence-electron chi connectivity index (χ4n) is 2.47. The van der Waals surface area contributed by atoms with E-state index in [-0.39, 0.29) is 11.8 Å². The molecule has 0 aromatic heterocycles. The van der Waals surface area contributed by atoms with Crippen molar-refractivity contribution in [3.63, 3.8) is 0 Å². The maximum absolute atomic E-state index is 11.5. The summed E-state index contributed by atoms with van der Waals surface area (Å²) in [4.78, 5) is 11.5. The predicted octanol–water partition coefficient (Wildman–Crippen LogP) is 1.13. The Bertz CT molecular complexity index is 194. The van der Waals surface area contributed by atoms with E-state index in [2.05, 4.69) is 12.2 Å². The van der Waals surface area contributed by atoms with Crippen molar-refractivity contribution in [1.29, 1.82) is 0 Å². The molecule has 1 saturated carbocycles. The lowest BCUT2D eigenvalue weighted by atomic mass is 10.1. The van der Waals surface area contributed by atoms with Gasteiger partial charge in [-0.2, -0.15) is 0 Å². The Morgan fingerprint density at radius 2 is 2.00 bits per heavy atom. The van der Waals surface area contributed by atoms with Crippen LogP contribution in [-0.4, -0.2) is 19.5 Å². The molecule has 3 nitrogen and oxygen atoms in total. The molecule has 1 aliphatic rings. The van der Waals surface area contributed by atoms with Gasteiger partial charge < -0.3 is 11.1 Å². The van der Waals surface area contributed by atoms with Crippen molar-refractivity contribution in [2.45, 2.75) is 32.6 Å². The van der Waals surface area contributed by atoms with Crippen molar-refractivity contribution in [2.75, 3.05) is 13.6 Å². The van der Waals surface area contributed by atoms with Crippen LogP contribution in [-0.2, 0) is 4.79 Å². The second-order valence-electron chi connectivity index (χ2n) is 4.19. The lowest BCUT2D eigenvalue weighted by Gasteiger charge is -1.96. The van der Waals surface area contributed by atoms with E-state index in [1.807, 2.05) is 0 Å². The number of nitrogens with two attached hydrogens (primary N) is 1. The Hall–Kier alpha value is -0.570. The van der Waals surface area contributed by atoms with Crippen LogP contribution in [0.4, 0.5) is 0 Å². The number of hydrogen-bond acceptors (Lipinski definition) is 2. The summed E-state index contributed by atoms with van der Waals surface area (Å²) < 4.78 is 0. The summed E-state index contributed by atoms with van der Waals surface area (Å²) in [5.41, 5.74) is 5.48. The van der Waals surface area contributed by atoms with Gasteiger partial charge in [0.25, 0.3) is 0 Å². The van der Waals surface area contributed by atoms with E-state index < -0.39 is 0 Å². The summed E-state index contributed by atoms with van der Waals surface area (Å²) in [6, 6.07) is 0. The first-order valence-electron chi connectivity index (χ1n) is 5.67. The molecule has 14 heavy (non-hydrogen) atoms. The number of hydrogen-bond donors (Lipinski definition) is 2. The molecular formula is C11H22N2O. The number of carbonyl (C=O) groups is 1. The van der Waals surface area contributed by atoms with Gasteiger partial charge in [0.05, 0.1) is 0 Å². The average molecular weight is 198 g/mol. The molecule has 1 aliphatic carbocycles. The Morgan fingerprint density at radius 1 is 1.36 bits per heavy atom. The van der Waals surface area contributed by atoms with E-state index in [9.17, 15) is 4.79 Å². The van der Waals surface area contributed by atoms with Crippen LogP contribution in [0.1, 0.15) is 32.6 Å². The smallest absolute Gasteiger partial charge is 0.223 e. The lowest BCUT2D eigenvalue weighted by Crippen LogP contribution is -2.21. The Labute approximate surface area is 86.4 Å². The van der Waals surface area contributed by atoms with E-state index in [1.165, 1.54) is 12.8 Å². The number of rotatable bonds is 6. The molecule has 0 bridgehead atoms. The summed E-state index contributed by atoms with van der Waals surface area (Å²) in [7, 11) is 1.73. The molecule has 1 amide bonds. The largest absolute Gasteiger partial charge is 0.359 e. The molecule has 1 rings (SSSR count). The van der Waals surface area contributed by atoms with Crippen molar-refractivity contribution in [3.8, 4) is 0 Å². The minimum absolute atomic E-state index is 0.227. The minimum atomic E-state index is 0.227. The fraction of sp³-hybridized carbons (Fsp3) is 0.909. The van der Waals surface area contributed by atoms with Crippen LogP contribution < -0.4 is 11.1 Å². The number of amides is 1. The molecule has 1 fully saturated rings. The Morgan fingerprint density at radius 3 is 2.50 bits per heavy atom. The van der Waals surface area contributed by atoms with Crippen LogP contribution in [0.2, 0.25) is 0 Å². The molecule has 0 spiro atoms. The first kappa shape index (κ1) is 11.5. The Balaban J connectivity index is 2.37. The maximum Gasteiger partial charge on any atom is 0.223 e. The second kappa shape index (κ2) is 5.35. The number of carbonyl (C=O) groups excluding carboxylic acids is 1. The topological polar surface area (TPSA) is 55.1 Å². The summed E-state index contributed by atoms with van der Waals surface area (Å²) in [6.45, 7) is 2.93. The van der Waals surface area contributed by atoms with Gasteiger partial charge >= 0.3 is 0 Å². The van der Waals surface area contributed by atoms with Crippen LogP contribution in [0, 0.1) is 17.8 Å². The molecule has 0 heterocycles. The van der Waals surface area contributed by atoms with Gasteiger partial charge in [-0.05, 0) is 37.6 Å². The number of nitrogens with one attached hydrogen (secondary N) is 1. The van der Waals surface area contributed by atoms with Crippen molar-refractivity contribution in [3.05, 3.63) is 0 Å². The monoisotopic (exact) mass is 198 g/mol. The van der Waals surface area contributed by atoms with E-state index in [1.54, 1.807) is 7.05 Å². The molecule has 0 radical (unpaired) electrons. The van der Waals surface area contributed by atoms with E-state index in [4.69, 9.17) is 5.73 Å². The summed E-state index contributed by atoms with van der Waals surface area (Å²) in [5.74, 6) is 1.75. The first-order chi connectivity index (χ1) is 6.76. The molecule has 3 unspecified atom stereocenters. The summed E-state index contributed by atoms with van der Waals surface area (Å²) in [5, 5.41) is 2.75. The van der Waals surface area contributed by atoms with E-state index >= 15 is 0 Å². The Kier molecular flexibility index (Phi) is 4.39. The van der Waals surface area contributed by atoms with Crippen molar-refractivity contribution >= 4 is 5.91 Å². The third kappa shape index (κ3) is 2.47. The lowest BCUT2D eigenvalue weighted by molar-refractivity contribution is -0.122.